The van der Waals surface area contributed by atoms with Crippen molar-refractivity contribution >= 4 is 12.0 Å². The Bertz CT molecular complexity index is 289. The van der Waals surface area contributed by atoms with E-state index in [1.807, 2.05) is 5.32 Å². The van der Waals surface area contributed by atoms with Crippen LogP contribution in [0.15, 0.2) is 0 Å². The van der Waals surface area contributed by atoms with E-state index in [-0.39, 0.29) is 0 Å². The number of rotatable bonds is 3. The van der Waals surface area contributed by atoms with Crippen LogP contribution in [0.4, 0.5) is 18.0 Å². The summed E-state index contributed by atoms with van der Waals surface area (Å²) in [5.41, 5.74) is -1.61. The molecule has 0 atom stereocenters. The lowest BCUT2D eigenvalue weighted by molar-refractivity contribution is -0.143. The molecular weight excluding hydrogens is 229 g/mol. The molecule has 0 aromatic carbocycles. The predicted octanol–water partition coefficient (Wildman–Crippen LogP) is 1.05. The number of nitrogens with zero attached hydrogens (tertiary/aromatic N) is 1. The van der Waals surface area contributed by atoms with E-state index in [2.05, 4.69) is 0 Å². The SMILES string of the molecule is CN(CC(F)(F)F)C(=O)NC(C)(C)C(=O)O. The standard InChI is InChI=1S/C8H13F3N2O3/c1-7(2,5(14)15)12-6(16)13(3)4-8(9,10)11/h4H2,1-3H3,(H,12,16)(H,14,15). The minimum Gasteiger partial charge on any atom is -0.480 e. The van der Waals surface area contributed by atoms with Gasteiger partial charge in [0, 0.05) is 7.05 Å². The monoisotopic (exact) mass is 242 g/mol. The number of hydrogen-bond donors (Lipinski definition) is 2. The normalized spacial score (nSPS) is 12.1. The van der Waals surface area contributed by atoms with Gasteiger partial charge >= 0.3 is 18.2 Å². The van der Waals surface area contributed by atoms with Crippen molar-refractivity contribution in [2.45, 2.75) is 25.6 Å². The molecule has 0 saturated carbocycles. The van der Waals surface area contributed by atoms with E-state index in [9.17, 15) is 22.8 Å². The van der Waals surface area contributed by atoms with Crippen LogP contribution in [0.3, 0.4) is 0 Å². The van der Waals surface area contributed by atoms with Crippen molar-refractivity contribution in [3.05, 3.63) is 0 Å². The number of hydrogen-bond acceptors (Lipinski definition) is 2. The van der Waals surface area contributed by atoms with Gasteiger partial charge in [0.2, 0.25) is 0 Å². The molecule has 0 aliphatic rings. The molecule has 16 heavy (non-hydrogen) atoms. The highest BCUT2D eigenvalue weighted by Crippen LogP contribution is 2.15. The Kier molecular flexibility index (Phi) is 4.16. The summed E-state index contributed by atoms with van der Waals surface area (Å²) in [6.45, 7) is 0.915. The maximum Gasteiger partial charge on any atom is 0.406 e. The Morgan fingerprint density at radius 2 is 1.75 bits per heavy atom. The zero-order valence-electron chi connectivity index (χ0n) is 9.05. The van der Waals surface area contributed by atoms with Crippen LogP contribution in [0, 0.1) is 0 Å². The summed E-state index contributed by atoms with van der Waals surface area (Å²) < 4.78 is 35.8. The van der Waals surface area contributed by atoms with Gasteiger partial charge in [-0.25, -0.2) is 9.59 Å². The van der Waals surface area contributed by atoms with Gasteiger partial charge in [-0.1, -0.05) is 0 Å². The van der Waals surface area contributed by atoms with Crippen molar-refractivity contribution < 1.29 is 27.9 Å². The molecule has 0 heterocycles. The first-order valence-corrected chi connectivity index (χ1v) is 4.29. The Hall–Kier alpha value is -1.47. The molecule has 0 saturated heterocycles. The molecule has 0 aromatic heterocycles. The molecule has 0 spiro atoms. The van der Waals surface area contributed by atoms with E-state index in [1.165, 1.54) is 13.8 Å². The van der Waals surface area contributed by atoms with Gasteiger partial charge in [0.25, 0.3) is 0 Å². The minimum atomic E-state index is -4.51. The van der Waals surface area contributed by atoms with E-state index in [4.69, 9.17) is 5.11 Å². The minimum absolute atomic E-state index is 0.366. The van der Waals surface area contributed by atoms with E-state index in [0.29, 0.717) is 4.90 Å². The van der Waals surface area contributed by atoms with Crippen molar-refractivity contribution in [3.63, 3.8) is 0 Å². The molecule has 0 bridgehead atoms. The third-order valence-corrected chi connectivity index (χ3v) is 1.72. The van der Waals surface area contributed by atoms with Crippen LogP contribution in [0.2, 0.25) is 0 Å². The first-order chi connectivity index (χ1) is 6.96. The highest BCUT2D eigenvalue weighted by Gasteiger charge is 2.34. The van der Waals surface area contributed by atoms with Gasteiger partial charge in [0.05, 0.1) is 0 Å². The molecule has 2 N–H and O–H groups in total. The van der Waals surface area contributed by atoms with Gasteiger partial charge in [-0.2, -0.15) is 13.2 Å². The van der Waals surface area contributed by atoms with Crippen molar-refractivity contribution in [1.29, 1.82) is 0 Å². The Morgan fingerprint density at radius 3 is 2.06 bits per heavy atom. The lowest BCUT2D eigenvalue weighted by Crippen LogP contribution is -2.54. The van der Waals surface area contributed by atoms with Gasteiger partial charge in [-0.3, -0.25) is 0 Å². The molecule has 0 aliphatic heterocycles. The van der Waals surface area contributed by atoms with Gasteiger partial charge in [-0.15, -0.1) is 0 Å². The van der Waals surface area contributed by atoms with Gasteiger partial charge in [0.1, 0.15) is 12.1 Å². The number of carbonyl (C=O) groups excluding carboxylic acids is 1. The lowest BCUT2D eigenvalue weighted by atomic mass is 10.1. The second kappa shape index (κ2) is 4.58. The molecule has 0 radical (unpaired) electrons. The molecule has 5 nitrogen and oxygen atoms in total. The van der Waals surface area contributed by atoms with Gasteiger partial charge in [0.15, 0.2) is 0 Å². The smallest absolute Gasteiger partial charge is 0.406 e. The largest absolute Gasteiger partial charge is 0.480 e. The maximum atomic E-state index is 11.9. The third-order valence-electron chi connectivity index (χ3n) is 1.72. The van der Waals surface area contributed by atoms with E-state index < -0.39 is 30.3 Å². The van der Waals surface area contributed by atoms with Crippen molar-refractivity contribution in [1.82, 2.24) is 10.2 Å². The number of urea groups is 1. The summed E-state index contributed by atoms with van der Waals surface area (Å²) in [5, 5.41) is 10.6. The van der Waals surface area contributed by atoms with Gasteiger partial charge in [-0.05, 0) is 13.8 Å². The summed E-state index contributed by atoms with van der Waals surface area (Å²) in [4.78, 5) is 22.2. The summed E-state index contributed by atoms with van der Waals surface area (Å²) in [6.07, 6.45) is -4.51. The number of carboxylic acid groups (broad SMARTS) is 1. The number of nitrogens with one attached hydrogen (secondary N) is 1. The first kappa shape index (κ1) is 14.5. The zero-order chi connectivity index (χ0) is 13.1. The lowest BCUT2D eigenvalue weighted by Gasteiger charge is -2.26. The van der Waals surface area contributed by atoms with Crippen LogP contribution in [0.5, 0.6) is 0 Å². The molecule has 94 valence electrons. The Morgan fingerprint density at radius 1 is 1.31 bits per heavy atom. The molecule has 0 aliphatic carbocycles. The summed E-state index contributed by atoms with van der Waals surface area (Å²) in [5.74, 6) is -1.33. The fourth-order valence-electron chi connectivity index (χ4n) is 0.757. The predicted molar refractivity (Wildman–Crippen MR) is 48.9 cm³/mol. The molecule has 0 rings (SSSR count). The molecule has 0 unspecified atom stereocenters. The van der Waals surface area contributed by atoms with E-state index in [0.717, 1.165) is 7.05 Å². The topological polar surface area (TPSA) is 69.6 Å². The highest BCUT2D eigenvalue weighted by atomic mass is 19.4. The maximum absolute atomic E-state index is 11.9. The number of aliphatic carboxylic acids is 1. The molecule has 2 amide bonds. The third kappa shape index (κ3) is 4.85. The Labute approximate surface area is 90.2 Å². The Balaban J connectivity index is 4.43. The van der Waals surface area contributed by atoms with Crippen LogP contribution >= 0.6 is 0 Å². The van der Waals surface area contributed by atoms with E-state index >= 15 is 0 Å². The number of amides is 2. The first-order valence-electron chi connectivity index (χ1n) is 4.29. The summed E-state index contributed by atoms with van der Waals surface area (Å²) in [7, 11) is 0.931. The van der Waals surface area contributed by atoms with Crippen LogP contribution in [0.1, 0.15) is 13.8 Å². The quantitative estimate of drug-likeness (QED) is 0.777. The molecular formula is C8H13F3N2O3. The van der Waals surface area contributed by atoms with Crippen LogP contribution in [-0.2, 0) is 4.79 Å². The summed E-state index contributed by atoms with van der Waals surface area (Å²) in [6, 6.07) is -1.09. The van der Waals surface area contributed by atoms with E-state index in [1.54, 1.807) is 0 Å². The zero-order valence-corrected chi connectivity index (χ0v) is 9.05. The second-order valence-corrected chi connectivity index (χ2v) is 3.83. The average molecular weight is 242 g/mol. The van der Waals surface area contributed by atoms with Crippen LogP contribution in [0.25, 0.3) is 0 Å². The van der Waals surface area contributed by atoms with Crippen LogP contribution < -0.4 is 5.32 Å². The molecule has 0 aromatic rings. The number of halogens is 3. The summed E-state index contributed by atoms with van der Waals surface area (Å²) >= 11 is 0. The highest BCUT2D eigenvalue weighted by molar-refractivity contribution is 5.85. The number of alkyl halides is 3. The second-order valence-electron chi connectivity index (χ2n) is 3.83. The number of carbonyl (C=O) groups is 2. The van der Waals surface area contributed by atoms with Crippen molar-refractivity contribution in [3.8, 4) is 0 Å². The van der Waals surface area contributed by atoms with Gasteiger partial charge < -0.3 is 15.3 Å². The van der Waals surface area contributed by atoms with Crippen molar-refractivity contribution in [2.24, 2.45) is 0 Å². The van der Waals surface area contributed by atoms with Crippen LogP contribution in [-0.4, -0.2) is 47.3 Å². The molecule has 0 fully saturated rings. The molecule has 8 heteroatoms. The fourth-order valence-corrected chi connectivity index (χ4v) is 0.757. The van der Waals surface area contributed by atoms with Crippen molar-refractivity contribution in [2.75, 3.05) is 13.6 Å². The number of carboxylic acids is 1. The fraction of sp³-hybridized carbons (Fsp3) is 0.750. The average Bonchev–Trinajstić information content (AvgIpc) is 1.99.